The molecule has 1 aromatic carbocycles. The number of carbonyl (C=O) groups is 1. The van der Waals surface area contributed by atoms with Gasteiger partial charge in [-0.05, 0) is 36.0 Å². The molecule has 2 saturated carbocycles. The maximum atomic E-state index is 13.6. The average molecular weight is 423 g/mol. The van der Waals surface area contributed by atoms with Crippen LogP contribution >= 0.6 is 0 Å². The highest BCUT2D eigenvalue weighted by molar-refractivity contribution is 5.94. The lowest BCUT2D eigenvalue weighted by Crippen LogP contribution is -2.52. The van der Waals surface area contributed by atoms with Crippen molar-refractivity contribution in [1.29, 1.82) is 0 Å². The zero-order chi connectivity index (χ0) is 21.8. The third-order valence-electron chi connectivity index (χ3n) is 8.29. The molecule has 2 heterocycles. The standard InChI is InChI=1S/C25H34N4O2/c1-24(2)18-9-10-25(3,15-18)23(24)27-22(31)20-19-16-28(13-14-30)11-12-29(19)21(26-20)17-7-5-4-6-8-17/h4-8,18,23,30H,9-16H2,1-3H3,(H,27,31). The zero-order valence-corrected chi connectivity index (χ0v) is 18.9. The number of hydrogen-bond donors (Lipinski definition) is 2. The Morgan fingerprint density at radius 1 is 1.23 bits per heavy atom. The van der Waals surface area contributed by atoms with Crippen LogP contribution in [-0.4, -0.2) is 51.2 Å². The monoisotopic (exact) mass is 422 g/mol. The largest absolute Gasteiger partial charge is 0.395 e. The van der Waals surface area contributed by atoms with E-state index in [2.05, 4.69) is 47.7 Å². The van der Waals surface area contributed by atoms with Crippen molar-refractivity contribution < 1.29 is 9.90 Å². The number of rotatable bonds is 5. The SMILES string of the molecule is CC12CCC(C1)C(C)(C)C2NC(=O)c1nc(-c2ccccc2)n2c1CN(CCO)CC2. The van der Waals surface area contributed by atoms with Gasteiger partial charge in [-0.3, -0.25) is 9.69 Å². The van der Waals surface area contributed by atoms with Gasteiger partial charge in [0.2, 0.25) is 0 Å². The molecule has 0 spiro atoms. The van der Waals surface area contributed by atoms with Gasteiger partial charge in [-0.2, -0.15) is 0 Å². The van der Waals surface area contributed by atoms with Crippen molar-refractivity contribution in [2.75, 3.05) is 19.7 Å². The molecule has 3 aliphatic rings. The van der Waals surface area contributed by atoms with Gasteiger partial charge in [-0.15, -0.1) is 0 Å². The topological polar surface area (TPSA) is 70.4 Å². The minimum Gasteiger partial charge on any atom is -0.395 e. The van der Waals surface area contributed by atoms with Crippen molar-refractivity contribution in [3.8, 4) is 11.4 Å². The van der Waals surface area contributed by atoms with Gasteiger partial charge in [0.25, 0.3) is 5.91 Å². The molecule has 2 aliphatic carbocycles. The molecule has 1 aromatic heterocycles. The lowest BCUT2D eigenvalue weighted by atomic mass is 9.68. The first-order valence-electron chi connectivity index (χ1n) is 11.6. The minimum atomic E-state index is -0.0522. The molecule has 3 unspecified atom stereocenters. The molecule has 2 aromatic rings. The number of amides is 1. The van der Waals surface area contributed by atoms with Crippen molar-refractivity contribution in [2.24, 2.45) is 16.7 Å². The Kier molecular flexibility index (Phi) is 4.98. The van der Waals surface area contributed by atoms with E-state index in [1.54, 1.807) is 0 Å². The van der Waals surface area contributed by atoms with E-state index in [0.717, 1.165) is 30.2 Å². The van der Waals surface area contributed by atoms with Crippen molar-refractivity contribution in [2.45, 2.75) is 59.2 Å². The predicted octanol–water partition coefficient (Wildman–Crippen LogP) is 3.30. The maximum absolute atomic E-state index is 13.6. The summed E-state index contributed by atoms with van der Waals surface area (Å²) < 4.78 is 2.20. The van der Waals surface area contributed by atoms with Crippen molar-refractivity contribution >= 4 is 5.91 Å². The summed E-state index contributed by atoms with van der Waals surface area (Å²) in [4.78, 5) is 20.7. The van der Waals surface area contributed by atoms with Crippen LogP contribution in [0.25, 0.3) is 11.4 Å². The highest BCUT2D eigenvalue weighted by atomic mass is 16.3. The lowest BCUT2D eigenvalue weighted by molar-refractivity contribution is 0.0730. The van der Waals surface area contributed by atoms with E-state index in [0.29, 0.717) is 24.7 Å². The number of β-amino-alcohol motifs (C(OH)–C–C–N with tert-alkyl or cyclic N) is 1. The van der Waals surface area contributed by atoms with E-state index in [4.69, 9.17) is 4.98 Å². The van der Waals surface area contributed by atoms with Gasteiger partial charge in [0.1, 0.15) is 5.82 Å². The van der Waals surface area contributed by atoms with E-state index in [1.165, 1.54) is 19.3 Å². The number of hydrogen-bond acceptors (Lipinski definition) is 4. The summed E-state index contributed by atoms with van der Waals surface area (Å²) in [6.45, 7) is 9.96. The van der Waals surface area contributed by atoms with Crippen LogP contribution in [0.15, 0.2) is 30.3 Å². The number of fused-ring (bicyclic) bond motifs is 3. The summed E-state index contributed by atoms with van der Waals surface area (Å²) in [6.07, 6.45) is 3.66. The number of aliphatic hydroxyl groups is 1. The van der Waals surface area contributed by atoms with E-state index < -0.39 is 0 Å². The van der Waals surface area contributed by atoms with Crippen molar-refractivity contribution in [1.82, 2.24) is 19.8 Å². The van der Waals surface area contributed by atoms with Crippen LogP contribution in [0, 0.1) is 16.7 Å². The summed E-state index contributed by atoms with van der Waals surface area (Å²) in [7, 11) is 0. The van der Waals surface area contributed by atoms with Gasteiger partial charge in [0.05, 0.1) is 12.3 Å². The molecule has 2 N–H and O–H groups in total. The Morgan fingerprint density at radius 3 is 2.68 bits per heavy atom. The summed E-state index contributed by atoms with van der Waals surface area (Å²) in [5, 5.41) is 12.9. The Morgan fingerprint density at radius 2 is 2.00 bits per heavy atom. The Labute approximate surface area is 184 Å². The van der Waals surface area contributed by atoms with Crippen molar-refractivity contribution in [3.05, 3.63) is 41.7 Å². The molecular weight excluding hydrogens is 388 g/mol. The smallest absolute Gasteiger partial charge is 0.272 e. The highest BCUT2D eigenvalue weighted by Gasteiger charge is 2.59. The third kappa shape index (κ3) is 3.31. The van der Waals surface area contributed by atoms with Gasteiger partial charge in [-0.1, -0.05) is 51.1 Å². The number of imidazole rings is 1. The fourth-order valence-electron chi connectivity index (χ4n) is 6.60. The molecule has 6 nitrogen and oxygen atoms in total. The van der Waals surface area contributed by atoms with Crippen LogP contribution in [-0.2, 0) is 13.1 Å². The molecule has 2 fully saturated rings. The molecule has 3 atom stereocenters. The summed E-state index contributed by atoms with van der Waals surface area (Å²) >= 11 is 0. The summed E-state index contributed by atoms with van der Waals surface area (Å²) in [5.74, 6) is 1.49. The van der Waals surface area contributed by atoms with Crippen LogP contribution in [0.3, 0.4) is 0 Å². The maximum Gasteiger partial charge on any atom is 0.272 e. The van der Waals surface area contributed by atoms with Gasteiger partial charge in [0, 0.05) is 37.8 Å². The molecular formula is C25H34N4O2. The number of nitrogens with one attached hydrogen (secondary N) is 1. The molecule has 5 rings (SSSR count). The molecule has 2 bridgehead atoms. The number of nitrogens with zero attached hydrogens (tertiary/aromatic N) is 3. The highest BCUT2D eigenvalue weighted by Crippen LogP contribution is 2.62. The molecule has 166 valence electrons. The second-order valence-corrected chi connectivity index (χ2v) is 10.6. The Bertz CT molecular complexity index is 978. The van der Waals surface area contributed by atoms with Gasteiger partial charge < -0.3 is 15.0 Å². The number of carbonyl (C=O) groups excluding carboxylic acids is 1. The quantitative estimate of drug-likeness (QED) is 0.776. The normalized spacial score (nSPS) is 29.2. The zero-order valence-electron chi connectivity index (χ0n) is 18.9. The molecule has 1 aliphatic heterocycles. The fourth-order valence-corrected chi connectivity index (χ4v) is 6.60. The van der Waals surface area contributed by atoms with Crippen LogP contribution < -0.4 is 5.32 Å². The first kappa shape index (κ1) is 20.7. The van der Waals surface area contributed by atoms with E-state index >= 15 is 0 Å². The van der Waals surface area contributed by atoms with Gasteiger partial charge in [-0.25, -0.2) is 4.98 Å². The molecule has 31 heavy (non-hydrogen) atoms. The number of aromatic nitrogens is 2. The predicted molar refractivity (Wildman–Crippen MR) is 121 cm³/mol. The summed E-state index contributed by atoms with van der Waals surface area (Å²) in [5.41, 5.74) is 2.82. The second-order valence-electron chi connectivity index (χ2n) is 10.6. The van der Waals surface area contributed by atoms with Crippen LogP contribution in [0.2, 0.25) is 0 Å². The Hall–Kier alpha value is -2.18. The fraction of sp³-hybridized carbons (Fsp3) is 0.600. The Balaban J connectivity index is 1.50. The van der Waals surface area contributed by atoms with Gasteiger partial charge in [0.15, 0.2) is 5.69 Å². The lowest BCUT2D eigenvalue weighted by Gasteiger charge is -2.43. The second kappa shape index (κ2) is 7.45. The third-order valence-corrected chi connectivity index (χ3v) is 8.29. The van der Waals surface area contributed by atoms with Crippen LogP contribution in [0.5, 0.6) is 0 Å². The first-order chi connectivity index (χ1) is 14.8. The summed E-state index contributed by atoms with van der Waals surface area (Å²) in [6, 6.07) is 10.3. The molecule has 0 radical (unpaired) electrons. The molecule has 1 amide bonds. The number of aliphatic hydroxyl groups excluding tert-OH is 1. The average Bonchev–Trinajstić information content (AvgIpc) is 3.39. The van der Waals surface area contributed by atoms with Crippen molar-refractivity contribution in [3.63, 3.8) is 0 Å². The van der Waals surface area contributed by atoms with E-state index in [-0.39, 0.29) is 29.4 Å². The van der Waals surface area contributed by atoms with E-state index in [1.807, 2.05) is 18.2 Å². The number of benzene rings is 1. The van der Waals surface area contributed by atoms with Crippen LogP contribution in [0.4, 0.5) is 0 Å². The van der Waals surface area contributed by atoms with E-state index in [9.17, 15) is 9.90 Å². The molecule has 0 saturated heterocycles. The minimum absolute atomic E-state index is 0.0522. The molecule has 6 heteroatoms. The first-order valence-corrected chi connectivity index (χ1v) is 11.6. The van der Waals surface area contributed by atoms with Gasteiger partial charge >= 0.3 is 0 Å². The van der Waals surface area contributed by atoms with Crippen LogP contribution in [0.1, 0.15) is 56.2 Å².